The van der Waals surface area contributed by atoms with Crippen molar-refractivity contribution in [3.63, 3.8) is 0 Å². The molecule has 0 amide bonds. The highest BCUT2D eigenvalue weighted by atomic mass is 16.5. The average molecular weight is 314 g/mol. The van der Waals surface area contributed by atoms with Crippen LogP contribution < -0.4 is 9.47 Å². The maximum atomic E-state index is 12.1. The highest BCUT2D eigenvalue weighted by Gasteiger charge is 2.08. The van der Waals surface area contributed by atoms with E-state index in [1.807, 2.05) is 0 Å². The van der Waals surface area contributed by atoms with Gasteiger partial charge in [0.15, 0.2) is 12.4 Å². The van der Waals surface area contributed by atoms with Crippen LogP contribution in [0.1, 0.15) is 22.3 Å². The highest BCUT2D eigenvalue weighted by Crippen LogP contribution is 2.16. The molecule has 2 aromatic carbocycles. The second kappa shape index (κ2) is 7.98. The van der Waals surface area contributed by atoms with Crippen LogP contribution in [0.4, 0.5) is 0 Å². The van der Waals surface area contributed by atoms with Gasteiger partial charge in [-0.2, -0.15) is 0 Å². The van der Waals surface area contributed by atoms with Gasteiger partial charge in [0.1, 0.15) is 11.5 Å². The van der Waals surface area contributed by atoms with Crippen molar-refractivity contribution in [3.8, 4) is 11.5 Å². The van der Waals surface area contributed by atoms with E-state index in [1.54, 1.807) is 55.6 Å². The van der Waals surface area contributed by atoms with Crippen LogP contribution in [0.25, 0.3) is 0 Å². The lowest BCUT2D eigenvalue weighted by atomic mass is 10.1. The quantitative estimate of drug-likeness (QED) is 0.758. The molecule has 0 fully saturated rings. The minimum absolute atomic E-state index is 0.0678. The predicted octanol–water partition coefficient (Wildman–Crippen LogP) is 2.97. The fourth-order valence-electron chi connectivity index (χ4n) is 2.03. The summed E-state index contributed by atoms with van der Waals surface area (Å²) < 4.78 is 10.6. The van der Waals surface area contributed by atoms with Crippen molar-refractivity contribution in [2.45, 2.75) is 12.8 Å². The number of hydrogen-bond acceptors (Lipinski definition) is 4. The number of hydrogen-bond donors (Lipinski definition) is 1. The van der Waals surface area contributed by atoms with Crippen molar-refractivity contribution in [1.29, 1.82) is 0 Å². The number of ketones is 1. The number of Topliss-reactive ketones (excluding diaryl/α,β-unsaturated/α-hetero) is 1. The molecule has 0 aliphatic rings. The molecule has 2 rings (SSSR count). The minimum Gasteiger partial charge on any atom is -0.497 e. The Bertz CT molecular complexity index is 676. The molecule has 0 saturated heterocycles. The molecule has 0 aromatic heterocycles. The molecule has 0 aliphatic heterocycles. The summed E-state index contributed by atoms with van der Waals surface area (Å²) in [6.07, 6.45) is 0.562. The van der Waals surface area contributed by atoms with Gasteiger partial charge in [-0.3, -0.25) is 9.59 Å². The molecule has 0 spiro atoms. The van der Waals surface area contributed by atoms with E-state index in [1.165, 1.54) is 0 Å². The van der Waals surface area contributed by atoms with Gasteiger partial charge < -0.3 is 14.6 Å². The number of benzene rings is 2. The highest BCUT2D eigenvalue weighted by molar-refractivity contribution is 5.97. The molecule has 0 heterocycles. The third-order valence-corrected chi connectivity index (χ3v) is 3.31. The Morgan fingerprint density at radius 2 is 1.78 bits per heavy atom. The molecule has 23 heavy (non-hydrogen) atoms. The van der Waals surface area contributed by atoms with E-state index < -0.39 is 5.97 Å². The molecule has 5 heteroatoms. The Morgan fingerprint density at radius 1 is 1.04 bits per heavy atom. The number of rotatable bonds is 8. The van der Waals surface area contributed by atoms with Crippen LogP contribution in [0.5, 0.6) is 11.5 Å². The van der Waals surface area contributed by atoms with Gasteiger partial charge in [0.25, 0.3) is 0 Å². The zero-order valence-corrected chi connectivity index (χ0v) is 12.8. The van der Waals surface area contributed by atoms with E-state index >= 15 is 0 Å². The summed E-state index contributed by atoms with van der Waals surface area (Å²) >= 11 is 0. The smallest absolute Gasteiger partial charge is 0.303 e. The summed E-state index contributed by atoms with van der Waals surface area (Å²) in [6.45, 7) is -0.0678. The molecule has 0 bridgehead atoms. The molecule has 0 aliphatic carbocycles. The van der Waals surface area contributed by atoms with E-state index in [0.29, 0.717) is 23.5 Å². The molecule has 5 nitrogen and oxygen atoms in total. The maximum Gasteiger partial charge on any atom is 0.303 e. The average Bonchev–Trinajstić information content (AvgIpc) is 2.58. The molecule has 0 saturated carbocycles. The van der Waals surface area contributed by atoms with E-state index in [4.69, 9.17) is 14.6 Å². The number of ether oxygens (including phenoxy) is 2. The molecule has 120 valence electrons. The SMILES string of the molecule is COc1cccc(C(=O)COc2ccc(CCC(=O)O)cc2)c1. The van der Waals surface area contributed by atoms with Gasteiger partial charge in [0, 0.05) is 12.0 Å². The molecule has 0 atom stereocenters. The number of methoxy groups -OCH3 is 1. The van der Waals surface area contributed by atoms with Crippen LogP contribution in [0.3, 0.4) is 0 Å². The lowest BCUT2D eigenvalue weighted by Gasteiger charge is -2.07. The number of aryl methyl sites for hydroxylation is 1. The Labute approximate surface area is 134 Å². The van der Waals surface area contributed by atoms with Crippen molar-refractivity contribution in [2.75, 3.05) is 13.7 Å². The second-order valence-electron chi connectivity index (χ2n) is 4.98. The van der Waals surface area contributed by atoms with Crippen molar-refractivity contribution >= 4 is 11.8 Å². The first kappa shape index (κ1) is 16.5. The standard InChI is InChI=1S/C18H18O5/c1-22-16-4-2-3-14(11-16)17(19)12-23-15-8-5-13(6-9-15)7-10-18(20)21/h2-6,8-9,11H,7,10,12H2,1H3,(H,20,21). The summed E-state index contributed by atoms with van der Waals surface area (Å²) in [5.74, 6) is 0.229. The van der Waals surface area contributed by atoms with Crippen molar-refractivity contribution in [2.24, 2.45) is 0 Å². The molecule has 0 unspecified atom stereocenters. The number of aliphatic carboxylic acids is 1. The van der Waals surface area contributed by atoms with Crippen molar-refractivity contribution in [3.05, 3.63) is 59.7 Å². The van der Waals surface area contributed by atoms with Crippen molar-refractivity contribution in [1.82, 2.24) is 0 Å². The minimum atomic E-state index is -0.825. The molecule has 0 radical (unpaired) electrons. The summed E-state index contributed by atoms with van der Waals surface area (Å²) in [7, 11) is 1.55. The van der Waals surface area contributed by atoms with E-state index in [9.17, 15) is 9.59 Å². The van der Waals surface area contributed by atoms with Crippen LogP contribution in [0.15, 0.2) is 48.5 Å². The van der Waals surface area contributed by atoms with Crippen LogP contribution in [0, 0.1) is 0 Å². The normalized spacial score (nSPS) is 10.1. The number of carboxylic acids is 1. The van der Waals surface area contributed by atoms with Crippen LogP contribution >= 0.6 is 0 Å². The topological polar surface area (TPSA) is 72.8 Å². The number of carbonyl (C=O) groups excluding carboxylic acids is 1. The summed E-state index contributed by atoms with van der Waals surface area (Å²) in [6, 6.07) is 14.0. The molecular formula is C18H18O5. The first-order chi connectivity index (χ1) is 11.1. The summed E-state index contributed by atoms with van der Waals surface area (Å²) in [4.78, 5) is 22.6. The lowest BCUT2D eigenvalue weighted by Crippen LogP contribution is -2.11. The second-order valence-corrected chi connectivity index (χ2v) is 4.98. The summed E-state index contributed by atoms with van der Waals surface area (Å²) in [5, 5.41) is 8.65. The lowest BCUT2D eigenvalue weighted by molar-refractivity contribution is -0.136. The van der Waals surface area contributed by atoms with E-state index in [-0.39, 0.29) is 18.8 Å². The monoisotopic (exact) mass is 314 g/mol. The van der Waals surface area contributed by atoms with Gasteiger partial charge in [0.05, 0.1) is 7.11 Å². The fourth-order valence-corrected chi connectivity index (χ4v) is 2.03. The zero-order chi connectivity index (χ0) is 16.7. The molecular weight excluding hydrogens is 296 g/mol. The van der Waals surface area contributed by atoms with Gasteiger partial charge in [0.2, 0.25) is 0 Å². The first-order valence-electron chi connectivity index (χ1n) is 7.19. The van der Waals surface area contributed by atoms with Gasteiger partial charge >= 0.3 is 5.97 Å². The van der Waals surface area contributed by atoms with Gasteiger partial charge in [-0.25, -0.2) is 0 Å². The van der Waals surface area contributed by atoms with Crippen LogP contribution in [-0.4, -0.2) is 30.6 Å². The van der Waals surface area contributed by atoms with E-state index in [0.717, 1.165) is 5.56 Å². The Morgan fingerprint density at radius 3 is 2.43 bits per heavy atom. The Kier molecular flexibility index (Phi) is 5.74. The van der Waals surface area contributed by atoms with Gasteiger partial charge in [-0.05, 0) is 36.2 Å². The van der Waals surface area contributed by atoms with Gasteiger partial charge in [-0.1, -0.05) is 24.3 Å². The fraction of sp³-hybridized carbons (Fsp3) is 0.222. The first-order valence-corrected chi connectivity index (χ1v) is 7.19. The number of carbonyl (C=O) groups is 2. The zero-order valence-electron chi connectivity index (χ0n) is 12.8. The Balaban J connectivity index is 1.89. The molecule has 1 N–H and O–H groups in total. The van der Waals surface area contributed by atoms with Crippen molar-refractivity contribution < 1.29 is 24.2 Å². The summed E-state index contributed by atoms with van der Waals surface area (Å²) in [5.41, 5.74) is 1.45. The van der Waals surface area contributed by atoms with Crippen LogP contribution in [-0.2, 0) is 11.2 Å². The Hall–Kier alpha value is -2.82. The third-order valence-electron chi connectivity index (χ3n) is 3.31. The maximum absolute atomic E-state index is 12.1. The number of carboxylic acid groups (broad SMARTS) is 1. The predicted molar refractivity (Wildman–Crippen MR) is 85.2 cm³/mol. The van der Waals surface area contributed by atoms with Crippen LogP contribution in [0.2, 0.25) is 0 Å². The third kappa shape index (κ3) is 5.14. The molecule has 2 aromatic rings. The largest absolute Gasteiger partial charge is 0.497 e. The van der Waals surface area contributed by atoms with Gasteiger partial charge in [-0.15, -0.1) is 0 Å². The van der Waals surface area contributed by atoms with E-state index in [2.05, 4.69) is 0 Å².